The van der Waals surface area contributed by atoms with Crippen molar-refractivity contribution in [1.82, 2.24) is 0 Å². The monoisotopic (exact) mass is 656 g/mol. The summed E-state index contributed by atoms with van der Waals surface area (Å²) in [6.07, 6.45) is 3.47. The molecule has 2 aromatic rings. The van der Waals surface area contributed by atoms with Crippen LogP contribution >= 0.6 is 0 Å². The van der Waals surface area contributed by atoms with Crippen LogP contribution < -0.4 is 9.47 Å². The molecule has 0 N–H and O–H groups in total. The minimum atomic E-state index is -1.05. The van der Waals surface area contributed by atoms with E-state index in [1.165, 1.54) is 24.3 Å². The lowest BCUT2D eigenvalue weighted by molar-refractivity contribution is -0.209. The van der Waals surface area contributed by atoms with E-state index in [-0.39, 0.29) is 28.7 Å². The van der Waals surface area contributed by atoms with Crippen LogP contribution in [-0.2, 0) is 29.0 Å². The molecule has 0 heterocycles. The summed E-state index contributed by atoms with van der Waals surface area (Å²) in [6, 6.07) is 12.6. The topological polar surface area (TPSA) is 142 Å². The van der Waals surface area contributed by atoms with Gasteiger partial charge in [-0.1, -0.05) is 13.8 Å². The molecule has 0 bridgehead atoms. The Labute approximate surface area is 274 Å². The molecule has 256 valence electrons. The molecule has 0 spiro atoms. The van der Waals surface area contributed by atoms with E-state index < -0.39 is 24.2 Å². The molecule has 0 atom stereocenters. The number of ether oxygens (including phenoxy) is 4. The molecule has 0 unspecified atom stereocenters. The van der Waals surface area contributed by atoms with Crippen LogP contribution in [0.1, 0.15) is 99.8 Å². The molecule has 0 aromatic heterocycles. The summed E-state index contributed by atoms with van der Waals surface area (Å²) in [5.74, 6) is 0.456. The SMILES string of the molecule is CCOc1ccc(C(=O)OOC(=O)OC2CCC(C(C)(C)C3CCC(OC(=O)OOC(=O)c4ccc(OCC)cc4)CC3)CC2)cc1. The Kier molecular flexibility index (Phi) is 12.7. The van der Waals surface area contributed by atoms with Gasteiger partial charge in [-0.2, -0.15) is 9.59 Å². The van der Waals surface area contributed by atoms with Crippen molar-refractivity contribution in [2.75, 3.05) is 13.2 Å². The highest BCUT2D eigenvalue weighted by Crippen LogP contribution is 2.49. The predicted molar refractivity (Wildman–Crippen MR) is 166 cm³/mol. The highest BCUT2D eigenvalue weighted by Gasteiger charge is 2.41. The Balaban J connectivity index is 1.12. The van der Waals surface area contributed by atoms with Crippen LogP contribution in [0.25, 0.3) is 0 Å². The van der Waals surface area contributed by atoms with Gasteiger partial charge in [-0.15, -0.1) is 0 Å². The minimum Gasteiger partial charge on any atom is -0.494 e. The largest absolute Gasteiger partial charge is 0.550 e. The van der Waals surface area contributed by atoms with Crippen LogP contribution in [0.3, 0.4) is 0 Å². The molecule has 0 saturated heterocycles. The Morgan fingerprint density at radius 2 is 0.894 bits per heavy atom. The third-order valence-electron chi connectivity index (χ3n) is 9.15. The van der Waals surface area contributed by atoms with Crippen LogP contribution in [0, 0.1) is 17.3 Å². The van der Waals surface area contributed by atoms with Gasteiger partial charge in [0.1, 0.15) is 23.7 Å². The fourth-order valence-electron chi connectivity index (χ4n) is 6.44. The number of hydrogen-bond acceptors (Lipinski definition) is 12. The third-order valence-corrected chi connectivity index (χ3v) is 9.15. The second-order valence-corrected chi connectivity index (χ2v) is 12.3. The zero-order valence-corrected chi connectivity index (χ0v) is 27.4. The van der Waals surface area contributed by atoms with Crippen LogP contribution in [0.4, 0.5) is 9.59 Å². The lowest BCUT2D eigenvalue weighted by Crippen LogP contribution is -2.39. The van der Waals surface area contributed by atoms with Gasteiger partial charge < -0.3 is 18.9 Å². The van der Waals surface area contributed by atoms with Crippen LogP contribution in [0.15, 0.2) is 48.5 Å². The fourth-order valence-corrected chi connectivity index (χ4v) is 6.44. The van der Waals surface area contributed by atoms with Crippen molar-refractivity contribution in [2.45, 2.75) is 91.3 Å². The first-order valence-corrected chi connectivity index (χ1v) is 16.2. The van der Waals surface area contributed by atoms with Gasteiger partial charge in [0.05, 0.1) is 24.3 Å². The van der Waals surface area contributed by atoms with E-state index in [1.807, 2.05) is 13.8 Å². The quantitative estimate of drug-likeness (QED) is 0.140. The summed E-state index contributed by atoms with van der Waals surface area (Å²) < 4.78 is 21.5. The number of benzene rings is 2. The van der Waals surface area contributed by atoms with Gasteiger partial charge in [0.25, 0.3) is 0 Å². The smallest absolute Gasteiger partial charge is 0.494 e. The van der Waals surface area contributed by atoms with E-state index in [9.17, 15) is 19.2 Å². The van der Waals surface area contributed by atoms with E-state index in [2.05, 4.69) is 33.4 Å². The number of hydrogen-bond donors (Lipinski definition) is 0. The zero-order valence-electron chi connectivity index (χ0n) is 27.4. The first kappa shape index (κ1) is 35.4. The van der Waals surface area contributed by atoms with Crippen molar-refractivity contribution in [3.8, 4) is 11.5 Å². The molecule has 12 heteroatoms. The van der Waals surface area contributed by atoms with Gasteiger partial charge in [-0.3, -0.25) is 0 Å². The van der Waals surface area contributed by atoms with E-state index >= 15 is 0 Å². The lowest BCUT2D eigenvalue weighted by Gasteiger charge is -2.46. The average molecular weight is 657 g/mol. The third kappa shape index (κ3) is 10.3. The van der Waals surface area contributed by atoms with Crippen molar-refractivity contribution in [3.05, 3.63) is 59.7 Å². The van der Waals surface area contributed by atoms with Gasteiger partial charge >= 0.3 is 24.2 Å². The van der Waals surface area contributed by atoms with Crippen molar-refractivity contribution < 1.29 is 57.7 Å². The lowest BCUT2D eigenvalue weighted by atomic mass is 9.60. The maximum Gasteiger partial charge on any atom is 0.550 e. The first-order chi connectivity index (χ1) is 22.6. The second-order valence-electron chi connectivity index (χ2n) is 12.3. The van der Waals surface area contributed by atoms with Crippen LogP contribution in [-0.4, -0.2) is 49.7 Å². The normalized spacial score (nSPS) is 21.0. The molecule has 2 saturated carbocycles. The van der Waals surface area contributed by atoms with Gasteiger partial charge in [0.2, 0.25) is 0 Å². The van der Waals surface area contributed by atoms with E-state index in [0.29, 0.717) is 62.2 Å². The van der Waals surface area contributed by atoms with Crippen molar-refractivity contribution in [3.63, 3.8) is 0 Å². The second kappa shape index (κ2) is 16.9. The maximum absolute atomic E-state index is 12.2. The molecule has 4 rings (SSSR count). The summed E-state index contributed by atoms with van der Waals surface area (Å²) >= 11 is 0. The summed E-state index contributed by atoms with van der Waals surface area (Å²) in [5.41, 5.74) is 0.453. The highest BCUT2D eigenvalue weighted by molar-refractivity contribution is 5.90. The van der Waals surface area contributed by atoms with Crippen LogP contribution in [0.2, 0.25) is 0 Å². The van der Waals surface area contributed by atoms with Gasteiger partial charge in [0.15, 0.2) is 0 Å². The summed E-state index contributed by atoms with van der Waals surface area (Å²) in [5, 5.41) is 0. The fraction of sp³-hybridized carbons (Fsp3) is 0.543. The highest BCUT2D eigenvalue weighted by atomic mass is 17.2. The van der Waals surface area contributed by atoms with E-state index in [1.54, 1.807) is 24.3 Å². The molecular formula is C35H44O12. The molecule has 0 radical (unpaired) electrons. The number of rotatable bonds is 10. The van der Waals surface area contributed by atoms with E-state index in [0.717, 1.165) is 25.7 Å². The molecule has 2 aliphatic carbocycles. The van der Waals surface area contributed by atoms with Gasteiger partial charge in [0, 0.05) is 0 Å². The number of carbonyl (C=O) groups is 4. The maximum atomic E-state index is 12.2. The summed E-state index contributed by atoms with van der Waals surface area (Å²) in [4.78, 5) is 67.2. The standard InChI is InChI=1S/C35H44O12/c1-5-40-27-15-7-23(8-16-27)31(36)44-46-33(38)42-29-19-11-25(12-20-29)35(3,4)26-13-21-30(22-14-26)43-34(39)47-45-32(37)24-9-17-28(18-10-24)41-6-2/h7-10,15-18,25-26,29-30H,5-6,11-14,19-22H2,1-4H3. The Hall–Kier alpha value is -4.48. The molecule has 2 aromatic carbocycles. The number of carbonyl (C=O) groups excluding carboxylic acids is 4. The Morgan fingerprint density at radius 3 is 1.21 bits per heavy atom. The molecule has 2 aliphatic rings. The van der Waals surface area contributed by atoms with Gasteiger partial charge in [-0.25, -0.2) is 29.1 Å². The Morgan fingerprint density at radius 1 is 0.553 bits per heavy atom. The first-order valence-electron chi connectivity index (χ1n) is 16.2. The Bertz CT molecular complexity index is 1220. The molecule has 12 nitrogen and oxygen atoms in total. The molecule has 0 amide bonds. The molecule has 47 heavy (non-hydrogen) atoms. The molecular weight excluding hydrogens is 612 g/mol. The summed E-state index contributed by atoms with van der Waals surface area (Å²) in [7, 11) is 0. The van der Waals surface area contributed by atoms with Crippen molar-refractivity contribution in [2.24, 2.45) is 17.3 Å². The average Bonchev–Trinajstić information content (AvgIpc) is 3.07. The van der Waals surface area contributed by atoms with Crippen LogP contribution in [0.5, 0.6) is 11.5 Å². The van der Waals surface area contributed by atoms with E-state index in [4.69, 9.17) is 18.9 Å². The van der Waals surface area contributed by atoms with Crippen molar-refractivity contribution in [1.29, 1.82) is 0 Å². The van der Waals surface area contributed by atoms with Gasteiger partial charge in [-0.05, 0) is 131 Å². The zero-order chi connectivity index (χ0) is 33.8. The summed E-state index contributed by atoms with van der Waals surface area (Å²) in [6.45, 7) is 9.27. The van der Waals surface area contributed by atoms with Crippen molar-refractivity contribution >= 4 is 24.2 Å². The molecule has 2 fully saturated rings. The predicted octanol–water partition coefficient (Wildman–Crippen LogP) is 7.78. The molecule has 0 aliphatic heterocycles. The minimum absolute atomic E-state index is 0.0253.